The van der Waals surface area contributed by atoms with Crippen molar-refractivity contribution in [1.82, 2.24) is 15.0 Å². The molecule has 13 aromatic rings. The van der Waals surface area contributed by atoms with Gasteiger partial charge in [0.15, 0.2) is 11.6 Å². The van der Waals surface area contributed by atoms with E-state index in [-0.39, 0.29) is 0 Å². The van der Waals surface area contributed by atoms with Crippen LogP contribution >= 0.6 is 45.3 Å². The van der Waals surface area contributed by atoms with E-state index in [1.165, 1.54) is 80.7 Å². The van der Waals surface area contributed by atoms with Gasteiger partial charge in [-0.1, -0.05) is 103 Å². The first-order chi connectivity index (χ1) is 29.2. The number of hydrogen-bond acceptors (Lipinski definition) is 8. The van der Waals surface area contributed by atoms with E-state index in [4.69, 9.17) is 15.0 Å². The average molecular weight is 825 g/mol. The van der Waals surface area contributed by atoms with Crippen LogP contribution in [0.4, 0.5) is 17.3 Å². The van der Waals surface area contributed by atoms with Gasteiger partial charge in [0.05, 0.1) is 16.1 Å². The van der Waals surface area contributed by atoms with Gasteiger partial charge in [0, 0.05) is 87.1 Å². The second-order valence-electron chi connectivity index (χ2n) is 14.8. The van der Waals surface area contributed by atoms with Crippen LogP contribution in [0.2, 0.25) is 0 Å². The van der Waals surface area contributed by atoms with Gasteiger partial charge in [0.2, 0.25) is 5.95 Å². The summed E-state index contributed by atoms with van der Waals surface area (Å²) in [6, 6.07) is 61.3. The molecule has 0 spiro atoms. The molecular formula is C51H28N4S4. The lowest BCUT2D eigenvalue weighted by atomic mass is 10.1. The lowest BCUT2D eigenvalue weighted by Crippen LogP contribution is -2.15. The van der Waals surface area contributed by atoms with Crippen molar-refractivity contribution in [1.29, 1.82) is 0 Å². The van der Waals surface area contributed by atoms with Crippen LogP contribution in [-0.4, -0.2) is 15.0 Å². The molecule has 0 fully saturated rings. The maximum atomic E-state index is 5.45. The summed E-state index contributed by atoms with van der Waals surface area (Å²) in [6.45, 7) is 0. The molecular weight excluding hydrogens is 797 g/mol. The standard InChI is InChI=1S/C51H28N4S4/c1-5-16-41-32(10-1)36-23-20-30(27-46(36)57-41)50-52-49(29-21-25-45-39(26-29)35-13-4-7-18-43(35)56-45)53-51(54-50)55(31-22-24-37-33-11-2-6-17-42(33)58-47(37)28-31)40-15-9-14-38-34-12-3-8-19-44(34)59-48(38)40/h1-28H. The normalized spacial score (nSPS) is 12.1. The number of fused-ring (bicyclic) bond motifs is 12. The fourth-order valence-electron chi connectivity index (χ4n) is 8.58. The van der Waals surface area contributed by atoms with Crippen LogP contribution in [0.25, 0.3) is 103 Å². The molecule has 0 unspecified atom stereocenters. The SMILES string of the molecule is c1ccc2c(c1)sc1cc(-c3nc(-c4ccc5sc6ccccc6c5c4)nc(N(c4ccc5c(c4)sc4ccccc45)c4cccc5c4sc4ccccc45)n3)ccc12. The molecule has 8 aromatic carbocycles. The third-order valence-electron chi connectivity index (χ3n) is 11.3. The molecule has 0 aliphatic carbocycles. The fourth-order valence-corrected chi connectivity index (χ4v) is 13.2. The summed E-state index contributed by atoms with van der Waals surface area (Å²) in [5, 5.41) is 9.96. The average Bonchev–Trinajstić information content (AvgIpc) is 4.06. The van der Waals surface area contributed by atoms with Crippen molar-refractivity contribution >= 4 is 143 Å². The highest BCUT2D eigenvalue weighted by molar-refractivity contribution is 7.27. The summed E-state index contributed by atoms with van der Waals surface area (Å²) in [7, 11) is 0. The summed E-state index contributed by atoms with van der Waals surface area (Å²) in [5.41, 5.74) is 3.94. The van der Waals surface area contributed by atoms with Gasteiger partial charge >= 0.3 is 0 Å². The minimum absolute atomic E-state index is 0.571. The minimum atomic E-state index is 0.571. The summed E-state index contributed by atoms with van der Waals surface area (Å²) in [5.74, 6) is 1.84. The van der Waals surface area contributed by atoms with Gasteiger partial charge in [-0.3, -0.25) is 4.90 Å². The zero-order chi connectivity index (χ0) is 38.6. The summed E-state index contributed by atoms with van der Waals surface area (Å²) in [4.78, 5) is 18.5. The predicted molar refractivity (Wildman–Crippen MR) is 257 cm³/mol. The van der Waals surface area contributed by atoms with Crippen molar-refractivity contribution in [3.63, 3.8) is 0 Å². The zero-order valence-electron chi connectivity index (χ0n) is 31.1. The van der Waals surface area contributed by atoms with E-state index >= 15 is 0 Å². The highest BCUT2D eigenvalue weighted by Gasteiger charge is 2.24. The number of nitrogens with zero attached hydrogens (tertiary/aromatic N) is 4. The van der Waals surface area contributed by atoms with Crippen LogP contribution in [0.1, 0.15) is 0 Å². The number of anilines is 3. The molecule has 0 aliphatic heterocycles. The highest BCUT2D eigenvalue weighted by atomic mass is 32.1. The molecule has 0 radical (unpaired) electrons. The van der Waals surface area contributed by atoms with Gasteiger partial charge in [-0.25, -0.2) is 4.98 Å². The quantitative estimate of drug-likeness (QED) is 0.173. The van der Waals surface area contributed by atoms with Crippen molar-refractivity contribution in [3.8, 4) is 22.8 Å². The molecule has 0 atom stereocenters. The zero-order valence-corrected chi connectivity index (χ0v) is 34.4. The van der Waals surface area contributed by atoms with Crippen molar-refractivity contribution in [3.05, 3.63) is 170 Å². The van der Waals surface area contributed by atoms with Crippen LogP contribution in [0.3, 0.4) is 0 Å². The Morgan fingerprint density at radius 2 is 0.797 bits per heavy atom. The fraction of sp³-hybridized carbons (Fsp3) is 0. The summed E-state index contributed by atoms with van der Waals surface area (Å²) in [6.07, 6.45) is 0. The van der Waals surface area contributed by atoms with Crippen molar-refractivity contribution in [2.24, 2.45) is 0 Å². The van der Waals surface area contributed by atoms with E-state index in [0.717, 1.165) is 22.5 Å². The van der Waals surface area contributed by atoms with E-state index in [2.05, 4.69) is 175 Å². The van der Waals surface area contributed by atoms with Crippen LogP contribution in [0.15, 0.2) is 170 Å². The Morgan fingerprint density at radius 3 is 1.47 bits per heavy atom. The van der Waals surface area contributed by atoms with E-state index in [1.807, 2.05) is 34.0 Å². The van der Waals surface area contributed by atoms with Gasteiger partial charge in [-0.05, 0) is 66.7 Å². The maximum Gasteiger partial charge on any atom is 0.238 e. The first-order valence-corrected chi connectivity index (χ1v) is 22.7. The molecule has 276 valence electrons. The van der Waals surface area contributed by atoms with Gasteiger partial charge in [-0.15, -0.1) is 45.3 Å². The van der Waals surface area contributed by atoms with Crippen molar-refractivity contribution in [2.45, 2.75) is 0 Å². The van der Waals surface area contributed by atoms with Gasteiger partial charge < -0.3 is 0 Å². The lowest BCUT2D eigenvalue weighted by molar-refractivity contribution is 1.03. The molecule has 0 saturated carbocycles. The van der Waals surface area contributed by atoms with Crippen LogP contribution in [0, 0.1) is 0 Å². The number of hydrogen-bond donors (Lipinski definition) is 0. The Hall–Kier alpha value is -6.55. The van der Waals surface area contributed by atoms with Gasteiger partial charge in [0.25, 0.3) is 0 Å². The van der Waals surface area contributed by atoms with Crippen molar-refractivity contribution in [2.75, 3.05) is 4.90 Å². The number of thiophene rings is 4. The Morgan fingerprint density at radius 1 is 0.322 bits per heavy atom. The Labute approximate surface area is 353 Å². The van der Waals surface area contributed by atoms with E-state index in [1.54, 1.807) is 11.3 Å². The third-order valence-corrected chi connectivity index (χ3v) is 16.0. The largest absolute Gasteiger partial charge is 0.278 e. The van der Waals surface area contributed by atoms with E-state index in [0.29, 0.717) is 17.6 Å². The first kappa shape index (κ1) is 33.4. The smallest absolute Gasteiger partial charge is 0.238 e. The van der Waals surface area contributed by atoms with Crippen LogP contribution in [0.5, 0.6) is 0 Å². The molecule has 0 amide bonds. The second-order valence-corrected chi connectivity index (χ2v) is 19.1. The molecule has 4 nitrogen and oxygen atoms in total. The Kier molecular flexibility index (Phi) is 7.35. The molecule has 5 heterocycles. The molecule has 0 aliphatic rings. The van der Waals surface area contributed by atoms with E-state index in [9.17, 15) is 0 Å². The number of benzene rings is 8. The number of aromatic nitrogens is 3. The monoisotopic (exact) mass is 824 g/mol. The first-order valence-electron chi connectivity index (χ1n) is 19.4. The molecule has 0 N–H and O–H groups in total. The molecule has 0 saturated heterocycles. The van der Waals surface area contributed by atoms with Crippen molar-refractivity contribution < 1.29 is 0 Å². The lowest BCUT2D eigenvalue weighted by Gasteiger charge is -2.24. The minimum Gasteiger partial charge on any atom is -0.278 e. The predicted octanol–water partition coefficient (Wildman–Crippen LogP) is 16.1. The summed E-state index contributed by atoms with van der Waals surface area (Å²) >= 11 is 7.26. The Bertz CT molecular complexity index is 3830. The van der Waals surface area contributed by atoms with Gasteiger partial charge in [-0.2, -0.15) is 9.97 Å². The highest BCUT2D eigenvalue weighted by Crippen LogP contribution is 2.46. The van der Waals surface area contributed by atoms with E-state index < -0.39 is 0 Å². The third kappa shape index (κ3) is 5.27. The molecule has 5 aromatic heterocycles. The Balaban J connectivity index is 1.09. The molecule has 13 rings (SSSR count). The molecule has 59 heavy (non-hydrogen) atoms. The topological polar surface area (TPSA) is 41.9 Å². The molecule has 8 heteroatoms. The summed E-state index contributed by atoms with van der Waals surface area (Å²) < 4.78 is 9.92. The molecule has 0 bridgehead atoms. The second kappa shape index (κ2) is 13.0. The van der Waals surface area contributed by atoms with Crippen LogP contribution in [-0.2, 0) is 0 Å². The van der Waals surface area contributed by atoms with Gasteiger partial charge in [0.1, 0.15) is 0 Å². The van der Waals surface area contributed by atoms with Crippen LogP contribution < -0.4 is 4.90 Å². The maximum absolute atomic E-state index is 5.45. The number of rotatable bonds is 5.